The number of fused-ring (bicyclic) bond motifs is 10. The number of furan rings is 1. The molecule has 0 aliphatic carbocycles. The molecule has 36 heavy (non-hydrogen) atoms. The number of benzene rings is 4. The minimum Gasteiger partial charge on any atom is -0.456 e. The van der Waals surface area contributed by atoms with Crippen LogP contribution in [-0.4, -0.2) is 9.38 Å². The maximum atomic E-state index is 6.25. The quantitative estimate of drug-likeness (QED) is 0.242. The van der Waals surface area contributed by atoms with Gasteiger partial charge in [-0.1, -0.05) is 63.2 Å². The van der Waals surface area contributed by atoms with Crippen molar-refractivity contribution in [3.63, 3.8) is 0 Å². The number of hydrogen-bond donors (Lipinski definition) is 0. The lowest BCUT2D eigenvalue weighted by molar-refractivity contribution is 0.589. The van der Waals surface area contributed by atoms with Crippen LogP contribution in [-0.2, 0) is 5.41 Å². The maximum Gasteiger partial charge on any atom is 0.137 e. The van der Waals surface area contributed by atoms with Crippen LogP contribution in [0.1, 0.15) is 26.3 Å². The lowest BCUT2D eigenvalue weighted by atomic mass is 9.87. The number of hydrogen-bond acceptors (Lipinski definition) is 2. The minimum atomic E-state index is 0.0794. The van der Waals surface area contributed by atoms with E-state index in [9.17, 15) is 0 Å². The molecule has 0 radical (unpaired) electrons. The van der Waals surface area contributed by atoms with E-state index in [1.807, 2.05) is 12.3 Å². The third kappa shape index (κ3) is 2.50. The Morgan fingerprint density at radius 2 is 1.44 bits per heavy atom. The van der Waals surface area contributed by atoms with E-state index in [4.69, 9.17) is 9.40 Å². The number of para-hydroxylation sites is 2. The van der Waals surface area contributed by atoms with E-state index in [1.54, 1.807) is 0 Å². The first kappa shape index (κ1) is 19.9. The molecule has 3 heteroatoms. The lowest BCUT2D eigenvalue weighted by Crippen LogP contribution is -2.11. The Bertz CT molecular complexity index is 2140. The summed E-state index contributed by atoms with van der Waals surface area (Å²) >= 11 is 0. The molecular formula is C33H24N2O. The summed E-state index contributed by atoms with van der Waals surface area (Å²) in [6.07, 6.45) is 1.93. The van der Waals surface area contributed by atoms with Crippen molar-refractivity contribution in [2.24, 2.45) is 0 Å². The van der Waals surface area contributed by atoms with Gasteiger partial charge in [0.1, 0.15) is 11.2 Å². The molecule has 0 spiro atoms. The Morgan fingerprint density at radius 3 is 2.31 bits per heavy atom. The monoisotopic (exact) mass is 464 g/mol. The van der Waals surface area contributed by atoms with E-state index < -0.39 is 0 Å². The summed E-state index contributed by atoms with van der Waals surface area (Å²) in [7, 11) is 0. The van der Waals surface area contributed by atoms with Crippen LogP contribution in [0.4, 0.5) is 0 Å². The minimum absolute atomic E-state index is 0.0794. The highest BCUT2D eigenvalue weighted by molar-refractivity contribution is 6.30. The van der Waals surface area contributed by atoms with Crippen LogP contribution in [0, 0.1) is 0 Å². The van der Waals surface area contributed by atoms with E-state index in [-0.39, 0.29) is 5.41 Å². The first-order valence-electron chi connectivity index (χ1n) is 12.5. The van der Waals surface area contributed by atoms with Gasteiger partial charge in [-0.15, -0.1) is 0 Å². The van der Waals surface area contributed by atoms with Gasteiger partial charge in [0.25, 0.3) is 0 Å². The second-order valence-electron chi connectivity index (χ2n) is 10.9. The van der Waals surface area contributed by atoms with Gasteiger partial charge in [-0.3, -0.25) is 4.98 Å². The van der Waals surface area contributed by atoms with Crippen molar-refractivity contribution in [2.45, 2.75) is 26.2 Å². The summed E-state index contributed by atoms with van der Waals surface area (Å²) in [6, 6.07) is 30.5. The van der Waals surface area contributed by atoms with Gasteiger partial charge in [0.05, 0.1) is 27.6 Å². The third-order valence-electron chi connectivity index (χ3n) is 7.74. The molecule has 0 saturated carbocycles. The number of rotatable bonds is 1. The highest BCUT2D eigenvalue weighted by atomic mass is 16.3. The summed E-state index contributed by atoms with van der Waals surface area (Å²) in [6.45, 7) is 6.73. The molecule has 8 aromatic rings. The van der Waals surface area contributed by atoms with Crippen LogP contribution in [0.15, 0.2) is 95.5 Å². The SMILES string of the molecule is CC(C)(C)c1ccnc(-c2ccc3c(c2)c2cccc4c5ccc6oc7ccccc7c6c5n3c24)c1. The van der Waals surface area contributed by atoms with Gasteiger partial charge in [0, 0.05) is 38.7 Å². The van der Waals surface area contributed by atoms with E-state index in [2.05, 4.69) is 104 Å². The lowest BCUT2D eigenvalue weighted by Gasteiger charge is -2.19. The molecule has 0 N–H and O–H groups in total. The Labute approximate surface area is 207 Å². The molecule has 4 aromatic carbocycles. The van der Waals surface area contributed by atoms with Crippen molar-refractivity contribution in [2.75, 3.05) is 0 Å². The predicted octanol–water partition coefficient (Wildman–Crippen LogP) is 9.10. The van der Waals surface area contributed by atoms with Crippen LogP contribution in [0.5, 0.6) is 0 Å². The molecule has 0 saturated heterocycles. The van der Waals surface area contributed by atoms with Crippen LogP contribution in [0.25, 0.3) is 71.3 Å². The zero-order chi connectivity index (χ0) is 24.2. The smallest absolute Gasteiger partial charge is 0.137 e. The standard InChI is InChI=1S/C33H24N2O/c1-33(2,3)20-15-16-34-26(18-20)19-11-13-27-25(17-19)22-9-6-8-21-23-12-14-29-30(32(23)35(27)31(21)22)24-7-4-5-10-28(24)36-29/h4-18H,1-3H3. The number of aromatic nitrogens is 2. The normalized spacial score (nSPS) is 12.9. The van der Waals surface area contributed by atoms with Crippen molar-refractivity contribution in [1.82, 2.24) is 9.38 Å². The second-order valence-corrected chi connectivity index (χ2v) is 10.9. The van der Waals surface area contributed by atoms with Gasteiger partial charge in [-0.05, 0) is 53.4 Å². The summed E-state index contributed by atoms with van der Waals surface area (Å²) in [5.74, 6) is 0. The first-order chi connectivity index (χ1) is 17.5. The fourth-order valence-electron chi connectivity index (χ4n) is 5.98. The van der Waals surface area contributed by atoms with E-state index in [1.165, 1.54) is 49.0 Å². The van der Waals surface area contributed by atoms with Gasteiger partial charge >= 0.3 is 0 Å². The molecular weight excluding hydrogens is 440 g/mol. The summed E-state index contributed by atoms with van der Waals surface area (Å²) in [4.78, 5) is 4.73. The zero-order valence-corrected chi connectivity index (χ0v) is 20.5. The van der Waals surface area contributed by atoms with Crippen molar-refractivity contribution < 1.29 is 4.42 Å². The topological polar surface area (TPSA) is 30.4 Å². The van der Waals surface area contributed by atoms with Crippen LogP contribution >= 0.6 is 0 Å². The van der Waals surface area contributed by atoms with Gasteiger partial charge < -0.3 is 8.82 Å². The molecule has 4 heterocycles. The summed E-state index contributed by atoms with van der Waals surface area (Å²) in [5.41, 5.74) is 9.09. The number of pyridine rings is 1. The Balaban J connectivity index is 1.51. The molecule has 0 fully saturated rings. The maximum absolute atomic E-state index is 6.25. The van der Waals surface area contributed by atoms with Gasteiger partial charge in [0.15, 0.2) is 0 Å². The molecule has 0 aliphatic rings. The van der Waals surface area contributed by atoms with Crippen molar-refractivity contribution in [3.05, 3.63) is 96.7 Å². The third-order valence-corrected chi connectivity index (χ3v) is 7.74. The van der Waals surface area contributed by atoms with Crippen LogP contribution in [0.3, 0.4) is 0 Å². The van der Waals surface area contributed by atoms with Crippen molar-refractivity contribution in [1.29, 1.82) is 0 Å². The van der Waals surface area contributed by atoms with Crippen molar-refractivity contribution in [3.8, 4) is 11.3 Å². The predicted molar refractivity (Wildman–Crippen MR) is 150 cm³/mol. The molecule has 172 valence electrons. The molecule has 0 unspecified atom stereocenters. The summed E-state index contributed by atoms with van der Waals surface area (Å²) in [5, 5.41) is 7.41. The average molecular weight is 465 g/mol. The van der Waals surface area contributed by atoms with E-state index >= 15 is 0 Å². The molecule has 0 atom stereocenters. The highest BCUT2D eigenvalue weighted by Gasteiger charge is 2.22. The Hall–Kier alpha value is -4.37. The van der Waals surface area contributed by atoms with Crippen LogP contribution < -0.4 is 0 Å². The van der Waals surface area contributed by atoms with E-state index in [0.29, 0.717) is 0 Å². The van der Waals surface area contributed by atoms with Crippen LogP contribution in [0.2, 0.25) is 0 Å². The average Bonchev–Trinajstić information content (AvgIpc) is 3.54. The van der Waals surface area contributed by atoms with Crippen molar-refractivity contribution >= 4 is 60.0 Å². The summed E-state index contributed by atoms with van der Waals surface area (Å²) < 4.78 is 8.70. The first-order valence-corrected chi connectivity index (χ1v) is 12.5. The molecule has 0 bridgehead atoms. The Kier molecular flexibility index (Phi) is 3.67. The Morgan fingerprint density at radius 1 is 0.667 bits per heavy atom. The highest BCUT2D eigenvalue weighted by Crippen LogP contribution is 2.44. The largest absolute Gasteiger partial charge is 0.456 e. The number of nitrogens with zero attached hydrogens (tertiary/aromatic N) is 2. The molecule has 8 rings (SSSR count). The molecule has 3 nitrogen and oxygen atoms in total. The molecule has 4 aromatic heterocycles. The fraction of sp³-hybridized carbons (Fsp3) is 0.121. The van der Waals surface area contributed by atoms with Gasteiger partial charge in [-0.2, -0.15) is 0 Å². The fourth-order valence-corrected chi connectivity index (χ4v) is 5.98. The van der Waals surface area contributed by atoms with E-state index in [0.717, 1.165) is 27.8 Å². The van der Waals surface area contributed by atoms with Gasteiger partial charge in [-0.25, -0.2) is 0 Å². The zero-order valence-electron chi connectivity index (χ0n) is 20.5. The molecule has 0 aliphatic heterocycles. The second kappa shape index (κ2) is 6.64. The van der Waals surface area contributed by atoms with Gasteiger partial charge in [0.2, 0.25) is 0 Å². The molecule has 0 amide bonds.